The van der Waals surface area contributed by atoms with Gasteiger partial charge in [-0.15, -0.1) is 0 Å². The standard InChI is InChI=1S/C5H6N2O2/c6-7-2-1-4(3-7)5(8)9/h1-3H,6H2,(H,8,9). The third-order valence-electron chi connectivity index (χ3n) is 0.961. The maximum absolute atomic E-state index is 10.1. The van der Waals surface area contributed by atoms with E-state index in [2.05, 4.69) is 0 Å². The van der Waals surface area contributed by atoms with Crippen LogP contribution in [0.2, 0.25) is 0 Å². The molecule has 0 spiro atoms. The largest absolute Gasteiger partial charge is 0.478 e. The number of hydrogen-bond donors (Lipinski definition) is 2. The van der Waals surface area contributed by atoms with Gasteiger partial charge in [0.25, 0.3) is 0 Å². The van der Waals surface area contributed by atoms with Gasteiger partial charge in [-0.2, -0.15) is 0 Å². The molecule has 0 aliphatic carbocycles. The number of aromatic nitrogens is 1. The molecule has 4 nitrogen and oxygen atoms in total. The zero-order valence-electron chi connectivity index (χ0n) is 4.61. The highest BCUT2D eigenvalue weighted by Gasteiger charge is 2.01. The van der Waals surface area contributed by atoms with Gasteiger partial charge in [0.1, 0.15) is 0 Å². The summed E-state index contributed by atoms with van der Waals surface area (Å²) in [4.78, 5) is 10.1. The number of nitrogen functional groups attached to an aromatic ring is 1. The molecule has 0 saturated heterocycles. The summed E-state index contributed by atoms with van der Waals surface area (Å²) < 4.78 is 1.20. The number of carboxylic acid groups (broad SMARTS) is 1. The van der Waals surface area contributed by atoms with Gasteiger partial charge in [-0.25, -0.2) is 4.79 Å². The topological polar surface area (TPSA) is 68.2 Å². The van der Waals surface area contributed by atoms with Crippen LogP contribution in [0.3, 0.4) is 0 Å². The van der Waals surface area contributed by atoms with E-state index in [0.29, 0.717) is 0 Å². The Morgan fingerprint density at radius 2 is 2.44 bits per heavy atom. The molecule has 1 rings (SSSR count). The number of carbonyl (C=O) groups is 1. The molecular weight excluding hydrogens is 120 g/mol. The molecule has 1 aromatic rings. The molecule has 0 fully saturated rings. The lowest BCUT2D eigenvalue weighted by atomic mass is 10.4. The lowest BCUT2D eigenvalue weighted by molar-refractivity contribution is 0.0697. The Balaban J connectivity index is 2.98. The minimum atomic E-state index is -0.959. The second-order valence-electron chi connectivity index (χ2n) is 1.65. The van der Waals surface area contributed by atoms with Crippen molar-refractivity contribution in [1.29, 1.82) is 0 Å². The summed E-state index contributed by atoms with van der Waals surface area (Å²) in [5, 5.41) is 8.33. The average molecular weight is 126 g/mol. The number of hydrogen-bond acceptors (Lipinski definition) is 2. The highest BCUT2D eigenvalue weighted by atomic mass is 16.4. The lowest BCUT2D eigenvalue weighted by Crippen LogP contribution is -2.03. The van der Waals surface area contributed by atoms with E-state index in [1.165, 1.54) is 23.1 Å². The van der Waals surface area contributed by atoms with Crippen molar-refractivity contribution in [3.63, 3.8) is 0 Å². The first kappa shape index (κ1) is 5.68. The molecule has 0 amide bonds. The molecular formula is C5H6N2O2. The summed E-state index contributed by atoms with van der Waals surface area (Å²) in [6.45, 7) is 0. The van der Waals surface area contributed by atoms with Crippen molar-refractivity contribution in [1.82, 2.24) is 4.68 Å². The Morgan fingerprint density at radius 3 is 2.67 bits per heavy atom. The maximum atomic E-state index is 10.1. The van der Waals surface area contributed by atoms with E-state index in [1.54, 1.807) is 0 Å². The van der Waals surface area contributed by atoms with E-state index < -0.39 is 5.97 Å². The van der Waals surface area contributed by atoms with Crippen molar-refractivity contribution < 1.29 is 9.90 Å². The highest BCUT2D eigenvalue weighted by Crippen LogP contribution is 1.96. The third kappa shape index (κ3) is 1.02. The first-order chi connectivity index (χ1) is 4.20. The van der Waals surface area contributed by atoms with E-state index in [9.17, 15) is 4.79 Å². The fraction of sp³-hybridized carbons (Fsp3) is 0. The van der Waals surface area contributed by atoms with Crippen molar-refractivity contribution in [2.24, 2.45) is 0 Å². The van der Waals surface area contributed by atoms with Gasteiger partial charge >= 0.3 is 5.97 Å². The van der Waals surface area contributed by atoms with Crippen LogP contribution in [0, 0.1) is 0 Å². The van der Waals surface area contributed by atoms with Gasteiger partial charge in [-0.3, -0.25) is 4.68 Å². The molecule has 48 valence electrons. The van der Waals surface area contributed by atoms with Gasteiger partial charge in [0.15, 0.2) is 0 Å². The predicted molar refractivity (Wildman–Crippen MR) is 31.5 cm³/mol. The highest BCUT2D eigenvalue weighted by molar-refractivity contribution is 5.87. The van der Waals surface area contributed by atoms with Crippen LogP contribution in [0.15, 0.2) is 18.5 Å². The smallest absolute Gasteiger partial charge is 0.337 e. The van der Waals surface area contributed by atoms with Gasteiger partial charge in [0.05, 0.1) is 5.56 Å². The summed E-state index contributed by atoms with van der Waals surface area (Å²) in [5.41, 5.74) is 0.206. The summed E-state index contributed by atoms with van der Waals surface area (Å²) in [6, 6.07) is 1.43. The van der Waals surface area contributed by atoms with E-state index in [1.807, 2.05) is 0 Å². The van der Waals surface area contributed by atoms with E-state index >= 15 is 0 Å². The molecule has 1 aromatic heterocycles. The molecule has 0 unspecified atom stereocenters. The Morgan fingerprint density at radius 1 is 1.78 bits per heavy atom. The zero-order chi connectivity index (χ0) is 6.85. The quantitative estimate of drug-likeness (QED) is 0.516. The fourth-order valence-electron chi connectivity index (χ4n) is 0.540. The summed E-state index contributed by atoms with van der Waals surface area (Å²) in [6.07, 6.45) is 2.81. The molecule has 0 atom stereocenters. The second-order valence-corrected chi connectivity index (χ2v) is 1.65. The first-order valence-corrected chi connectivity index (χ1v) is 2.36. The summed E-state index contributed by atoms with van der Waals surface area (Å²) in [5.74, 6) is 4.21. The van der Waals surface area contributed by atoms with Gasteiger partial charge in [-0.05, 0) is 6.07 Å². The minimum absolute atomic E-state index is 0.206. The molecule has 0 aliphatic heterocycles. The van der Waals surface area contributed by atoms with E-state index in [0.717, 1.165) is 0 Å². The molecule has 0 saturated carbocycles. The van der Waals surface area contributed by atoms with Crippen LogP contribution in [-0.4, -0.2) is 15.8 Å². The SMILES string of the molecule is Nn1ccc(C(=O)O)c1. The number of aromatic carboxylic acids is 1. The van der Waals surface area contributed by atoms with Crippen molar-refractivity contribution in [2.45, 2.75) is 0 Å². The predicted octanol–water partition coefficient (Wildman–Crippen LogP) is -0.0999. The summed E-state index contributed by atoms with van der Waals surface area (Å²) >= 11 is 0. The Labute approximate surface area is 51.5 Å². The molecule has 3 N–H and O–H groups in total. The number of nitrogens with zero attached hydrogens (tertiary/aromatic N) is 1. The van der Waals surface area contributed by atoms with Gasteiger partial charge in [-0.1, -0.05) is 0 Å². The van der Waals surface area contributed by atoms with Crippen molar-refractivity contribution in [2.75, 3.05) is 5.84 Å². The van der Waals surface area contributed by atoms with Crippen molar-refractivity contribution in [3.05, 3.63) is 24.0 Å². The van der Waals surface area contributed by atoms with Crippen molar-refractivity contribution >= 4 is 5.97 Å². The minimum Gasteiger partial charge on any atom is -0.478 e. The Hall–Kier alpha value is -1.45. The lowest BCUT2D eigenvalue weighted by Gasteiger charge is -1.84. The van der Waals surface area contributed by atoms with Crippen LogP contribution in [0.5, 0.6) is 0 Å². The van der Waals surface area contributed by atoms with Crippen LogP contribution in [0.4, 0.5) is 0 Å². The van der Waals surface area contributed by atoms with Crippen LogP contribution in [0.25, 0.3) is 0 Å². The zero-order valence-corrected chi connectivity index (χ0v) is 4.61. The van der Waals surface area contributed by atoms with Crippen LogP contribution in [0.1, 0.15) is 10.4 Å². The molecule has 4 heteroatoms. The number of nitrogens with two attached hydrogens (primary N) is 1. The van der Waals surface area contributed by atoms with Crippen LogP contribution >= 0.6 is 0 Å². The molecule has 0 bridgehead atoms. The number of carboxylic acids is 1. The number of rotatable bonds is 1. The normalized spacial score (nSPS) is 9.33. The first-order valence-electron chi connectivity index (χ1n) is 2.36. The van der Waals surface area contributed by atoms with Gasteiger partial charge in [0, 0.05) is 12.4 Å². The van der Waals surface area contributed by atoms with Gasteiger partial charge < -0.3 is 10.9 Å². The molecule has 0 aromatic carbocycles. The van der Waals surface area contributed by atoms with E-state index in [4.69, 9.17) is 10.9 Å². The fourth-order valence-corrected chi connectivity index (χ4v) is 0.540. The monoisotopic (exact) mass is 126 g/mol. The average Bonchev–Trinajstić information content (AvgIpc) is 2.14. The van der Waals surface area contributed by atoms with Gasteiger partial charge in [0.2, 0.25) is 0 Å². The molecule has 0 aliphatic rings. The van der Waals surface area contributed by atoms with Crippen LogP contribution < -0.4 is 5.84 Å². The van der Waals surface area contributed by atoms with E-state index in [-0.39, 0.29) is 5.56 Å². The Bertz CT molecular complexity index is 229. The third-order valence-corrected chi connectivity index (χ3v) is 0.961. The maximum Gasteiger partial charge on any atom is 0.337 e. The molecule has 0 radical (unpaired) electrons. The van der Waals surface area contributed by atoms with Crippen molar-refractivity contribution in [3.8, 4) is 0 Å². The second kappa shape index (κ2) is 1.81. The molecule has 9 heavy (non-hydrogen) atoms. The molecule has 1 heterocycles. The Kier molecular flexibility index (Phi) is 1.14. The van der Waals surface area contributed by atoms with Crippen LogP contribution in [-0.2, 0) is 0 Å². The summed E-state index contributed by atoms with van der Waals surface area (Å²) in [7, 11) is 0.